The van der Waals surface area contributed by atoms with E-state index in [1.165, 1.54) is 19.3 Å². The van der Waals surface area contributed by atoms with Crippen LogP contribution < -0.4 is 0 Å². The van der Waals surface area contributed by atoms with Crippen LogP contribution in [0.1, 0.15) is 51.9 Å². The maximum atomic E-state index is 12.4. The van der Waals surface area contributed by atoms with Gasteiger partial charge in [-0.05, 0) is 39.2 Å². The fourth-order valence-electron chi connectivity index (χ4n) is 3.55. The topological polar surface area (TPSA) is 47.3 Å². The first-order valence-electron chi connectivity index (χ1n) is 7.93. The second kappa shape index (κ2) is 6.58. The number of carbonyl (C=O) groups is 1. The summed E-state index contributed by atoms with van der Waals surface area (Å²) in [6, 6.07) is 2.84. The van der Waals surface area contributed by atoms with Crippen molar-refractivity contribution < 1.29 is 4.79 Å². The van der Waals surface area contributed by atoms with Gasteiger partial charge < -0.3 is 4.90 Å². The lowest BCUT2D eigenvalue weighted by Gasteiger charge is -2.37. The molecule has 0 aromatic heterocycles. The molecule has 0 bridgehead atoms. The number of amides is 1. The summed E-state index contributed by atoms with van der Waals surface area (Å²) < 4.78 is 0. The van der Waals surface area contributed by atoms with Crippen molar-refractivity contribution in [2.75, 3.05) is 26.7 Å². The molecule has 4 heteroatoms. The van der Waals surface area contributed by atoms with E-state index in [-0.39, 0.29) is 11.3 Å². The number of hydrogen-bond acceptors (Lipinski definition) is 3. The minimum atomic E-state index is -0.276. The van der Waals surface area contributed by atoms with Gasteiger partial charge in [0, 0.05) is 19.6 Å². The number of likely N-dealkylation sites (tertiary alicyclic amines) is 1. The molecule has 0 radical (unpaired) electrons. The van der Waals surface area contributed by atoms with Gasteiger partial charge in [0.15, 0.2) is 0 Å². The van der Waals surface area contributed by atoms with Gasteiger partial charge in [0.1, 0.15) is 0 Å². The lowest BCUT2D eigenvalue weighted by atomic mass is 9.83. The summed E-state index contributed by atoms with van der Waals surface area (Å²) in [5.41, 5.74) is -0.276. The summed E-state index contributed by atoms with van der Waals surface area (Å²) in [5, 5.41) is 9.24. The molecule has 1 amide bonds. The van der Waals surface area contributed by atoms with Crippen LogP contribution in [0.3, 0.4) is 0 Å². The molecule has 2 fully saturated rings. The van der Waals surface area contributed by atoms with Gasteiger partial charge >= 0.3 is 0 Å². The summed E-state index contributed by atoms with van der Waals surface area (Å²) in [6.07, 6.45) is 8.08. The van der Waals surface area contributed by atoms with Crippen LogP contribution in [0.4, 0.5) is 0 Å². The predicted molar refractivity (Wildman–Crippen MR) is 79.0 cm³/mol. The Kier molecular flexibility index (Phi) is 5.04. The van der Waals surface area contributed by atoms with E-state index >= 15 is 0 Å². The molecule has 0 spiro atoms. The molecule has 2 aliphatic rings. The van der Waals surface area contributed by atoms with E-state index in [4.69, 9.17) is 0 Å². The Bertz CT molecular complexity index is 384. The number of hydrogen-bond donors (Lipinski definition) is 0. The van der Waals surface area contributed by atoms with E-state index in [1.807, 2.05) is 18.9 Å². The van der Waals surface area contributed by atoms with Crippen LogP contribution in [0.5, 0.6) is 0 Å². The molecule has 4 nitrogen and oxygen atoms in total. The maximum absolute atomic E-state index is 12.4. The first-order valence-corrected chi connectivity index (χ1v) is 7.93. The van der Waals surface area contributed by atoms with Crippen molar-refractivity contribution in [3.05, 3.63) is 0 Å². The molecule has 1 heterocycles. The summed E-state index contributed by atoms with van der Waals surface area (Å²) in [4.78, 5) is 16.5. The number of piperidine rings is 1. The molecule has 112 valence electrons. The van der Waals surface area contributed by atoms with E-state index in [0.29, 0.717) is 12.6 Å². The van der Waals surface area contributed by atoms with Crippen LogP contribution in [0.25, 0.3) is 0 Å². The molecular weight excluding hydrogens is 250 g/mol. The van der Waals surface area contributed by atoms with Crippen molar-refractivity contribution in [1.29, 1.82) is 5.26 Å². The van der Waals surface area contributed by atoms with Crippen molar-refractivity contribution in [3.8, 4) is 6.07 Å². The van der Waals surface area contributed by atoms with Crippen molar-refractivity contribution in [2.45, 2.75) is 57.9 Å². The van der Waals surface area contributed by atoms with E-state index in [9.17, 15) is 10.1 Å². The van der Waals surface area contributed by atoms with Crippen molar-refractivity contribution >= 4 is 5.91 Å². The number of carbonyl (C=O) groups excluding carboxylic acids is 1. The zero-order valence-corrected chi connectivity index (χ0v) is 12.9. The average Bonchev–Trinajstić information content (AvgIpc) is 2.47. The van der Waals surface area contributed by atoms with Crippen molar-refractivity contribution in [3.63, 3.8) is 0 Å². The molecule has 0 N–H and O–H groups in total. The van der Waals surface area contributed by atoms with Gasteiger partial charge in [0.2, 0.25) is 5.91 Å². The third kappa shape index (κ3) is 3.73. The molecule has 0 aromatic rings. The van der Waals surface area contributed by atoms with Crippen LogP contribution in [0, 0.1) is 16.7 Å². The molecule has 2 rings (SSSR count). The average molecular weight is 277 g/mol. The Morgan fingerprint density at radius 2 is 2.05 bits per heavy atom. The molecule has 1 aliphatic heterocycles. The first-order chi connectivity index (χ1) is 9.54. The zero-order valence-electron chi connectivity index (χ0n) is 12.9. The maximum Gasteiger partial charge on any atom is 0.236 e. The Hall–Kier alpha value is -1.08. The van der Waals surface area contributed by atoms with Crippen LogP contribution in [0.15, 0.2) is 0 Å². The van der Waals surface area contributed by atoms with Gasteiger partial charge in [-0.3, -0.25) is 9.69 Å². The quantitative estimate of drug-likeness (QED) is 0.796. The van der Waals surface area contributed by atoms with E-state index in [2.05, 4.69) is 11.0 Å². The van der Waals surface area contributed by atoms with Crippen LogP contribution in [-0.2, 0) is 4.79 Å². The normalized spacial score (nSPS) is 28.9. The SMILES string of the molecule is CN(C(=O)CN1CCCC(C)(C#N)C1)C1CCCCC1. The minimum Gasteiger partial charge on any atom is -0.342 e. The fraction of sp³-hybridized carbons (Fsp3) is 0.875. The van der Waals surface area contributed by atoms with Crippen molar-refractivity contribution in [2.24, 2.45) is 5.41 Å². The molecule has 1 aliphatic carbocycles. The Morgan fingerprint density at radius 3 is 2.70 bits per heavy atom. The van der Waals surface area contributed by atoms with Crippen LogP contribution in [0.2, 0.25) is 0 Å². The molecular formula is C16H27N3O. The highest BCUT2D eigenvalue weighted by molar-refractivity contribution is 5.78. The van der Waals surface area contributed by atoms with Crippen molar-refractivity contribution in [1.82, 2.24) is 9.80 Å². The molecule has 0 aromatic carbocycles. The first kappa shape index (κ1) is 15.3. The standard InChI is InChI=1S/C16H27N3O/c1-16(12-17)9-6-10-19(13-16)11-15(20)18(2)14-7-4-3-5-8-14/h14H,3-11,13H2,1-2H3. The third-order valence-electron chi connectivity index (χ3n) is 4.92. The van der Waals surface area contributed by atoms with E-state index < -0.39 is 0 Å². The minimum absolute atomic E-state index is 0.221. The Balaban J connectivity index is 1.86. The highest BCUT2D eigenvalue weighted by Crippen LogP contribution is 2.28. The lowest BCUT2D eigenvalue weighted by molar-refractivity contribution is -0.134. The number of rotatable bonds is 3. The largest absolute Gasteiger partial charge is 0.342 e. The molecule has 1 unspecified atom stereocenters. The number of nitriles is 1. The van der Waals surface area contributed by atoms with E-state index in [0.717, 1.165) is 38.8 Å². The second-order valence-electron chi connectivity index (χ2n) is 6.78. The summed E-state index contributed by atoms with van der Waals surface area (Å²) >= 11 is 0. The monoisotopic (exact) mass is 277 g/mol. The summed E-state index contributed by atoms with van der Waals surface area (Å²) in [7, 11) is 1.95. The highest BCUT2D eigenvalue weighted by atomic mass is 16.2. The van der Waals surface area contributed by atoms with Gasteiger partial charge in [-0.2, -0.15) is 5.26 Å². The van der Waals surface area contributed by atoms with Gasteiger partial charge in [-0.25, -0.2) is 0 Å². The zero-order chi connectivity index (χ0) is 14.6. The summed E-state index contributed by atoms with van der Waals surface area (Å²) in [5.74, 6) is 0.221. The fourth-order valence-corrected chi connectivity index (χ4v) is 3.55. The molecule has 1 atom stereocenters. The Labute approximate surface area is 122 Å². The van der Waals surface area contributed by atoms with Gasteiger partial charge in [-0.1, -0.05) is 19.3 Å². The Morgan fingerprint density at radius 1 is 1.35 bits per heavy atom. The van der Waals surface area contributed by atoms with Gasteiger partial charge in [0.25, 0.3) is 0 Å². The molecule has 1 saturated carbocycles. The van der Waals surface area contributed by atoms with Gasteiger partial charge in [0.05, 0.1) is 18.0 Å². The van der Waals surface area contributed by atoms with E-state index in [1.54, 1.807) is 0 Å². The molecule has 20 heavy (non-hydrogen) atoms. The summed E-state index contributed by atoms with van der Waals surface area (Å²) in [6.45, 7) is 4.16. The second-order valence-corrected chi connectivity index (χ2v) is 6.78. The third-order valence-corrected chi connectivity index (χ3v) is 4.92. The molecule has 1 saturated heterocycles. The smallest absolute Gasteiger partial charge is 0.236 e. The number of nitrogens with zero attached hydrogens (tertiary/aromatic N) is 3. The predicted octanol–water partition coefficient (Wildman–Crippen LogP) is 2.40. The number of likely N-dealkylation sites (N-methyl/N-ethyl adjacent to an activating group) is 1. The lowest BCUT2D eigenvalue weighted by Crippen LogP contribution is -2.48. The highest BCUT2D eigenvalue weighted by Gasteiger charge is 2.32. The van der Waals surface area contributed by atoms with Crippen LogP contribution >= 0.6 is 0 Å². The van der Waals surface area contributed by atoms with Crippen LogP contribution in [-0.4, -0.2) is 48.4 Å². The van der Waals surface area contributed by atoms with Gasteiger partial charge in [-0.15, -0.1) is 0 Å².